The Morgan fingerprint density at radius 1 is 1.26 bits per heavy atom. The smallest absolute Gasteiger partial charge is 0.346 e. The van der Waals surface area contributed by atoms with Gasteiger partial charge >= 0.3 is 7.52 Å². The molecule has 0 radical (unpaired) electrons. The van der Waals surface area contributed by atoms with Gasteiger partial charge in [0.25, 0.3) is 5.56 Å². The van der Waals surface area contributed by atoms with Crippen LogP contribution in [0.25, 0.3) is 0 Å². The second-order valence-corrected chi connectivity index (χ2v) is 14.0. The summed E-state index contributed by atoms with van der Waals surface area (Å²) in [5, 5.41) is 18.2. The molecule has 1 atom stereocenters. The molecule has 11 nitrogen and oxygen atoms in total. The largest absolute Gasteiger partial charge is 0.505 e. The molecule has 0 fully saturated rings. The number of aromatic hydroxyl groups is 1. The fraction of sp³-hybridized carbons (Fsp3) is 0.500. The third-order valence-electron chi connectivity index (χ3n) is 5.22. The highest BCUT2D eigenvalue weighted by Crippen LogP contribution is 2.48. The first kappa shape index (κ1) is 27.2. The van der Waals surface area contributed by atoms with Crippen LogP contribution in [0.3, 0.4) is 0 Å². The SMILES string of the molecule is CC(C)Cc1nn(CCC(C)(C)C)c(=O)c(C2=NP(=O)(O)c3cc(NS(C)(O)O)ccc3N2)c1O. The van der Waals surface area contributed by atoms with Crippen molar-refractivity contribution in [3.05, 3.63) is 39.8 Å². The summed E-state index contributed by atoms with van der Waals surface area (Å²) >= 11 is 0. The van der Waals surface area contributed by atoms with E-state index in [0.29, 0.717) is 25.1 Å². The van der Waals surface area contributed by atoms with Gasteiger partial charge < -0.3 is 15.3 Å². The molecule has 1 aliphatic heterocycles. The number of hydrogen-bond donors (Lipinski definition) is 6. The maximum atomic E-state index is 13.4. The highest BCUT2D eigenvalue weighted by Gasteiger charge is 2.34. The highest BCUT2D eigenvalue weighted by atomic mass is 32.3. The van der Waals surface area contributed by atoms with Gasteiger partial charge in [0.2, 0.25) is 0 Å². The van der Waals surface area contributed by atoms with Gasteiger partial charge in [0.05, 0.1) is 16.7 Å². The van der Waals surface area contributed by atoms with Crippen LogP contribution in [0, 0.1) is 11.3 Å². The van der Waals surface area contributed by atoms with E-state index in [1.54, 1.807) is 0 Å². The third kappa shape index (κ3) is 6.65. The van der Waals surface area contributed by atoms with Gasteiger partial charge in [0.1, 0.15) is 11.3 Å². The zero-order valence-electron chi connectivity index (χ0n) is 20.7. The molecule has 3 rings (SSSR count). The maximum Gasteiger partial charge on any atom is 0.346 e. The molecule has 35 heavy (non-hydrogen) atoms. The first-order chi connectivity index (χ1) is 16.0. The van der Waals surface area contributed by atoms with Crippen molar-refractivity contribution in [3.8, 4) is 5.75 Å². The summed E-state index contributed by atoms with van der Waals surface area (Å²) in [6.45, 7) is 10.3. The molecule has 194 valence electrons. The zero-order chi connectivity index (χ0) is 26.3. The van der Waals surface area contributed by atoms with Crippen LogP contribution >= 0.6 is 18.3 Å². The molecule has 0 amide bonds. The summed E-state index contributed by atoms with van der Waals surface area (Å²) in [4.78, 5) is 24.1. The number of fused-ring (bicyclic) bond motifs is 1. The molecular formula is C22H34N5O6PS. The van der Waals surface area contributed by atoms with E-state index in [2.05, 4.69) is 19.9 Å². The molecule has 0 aliphatic carbocycles. The lowest BCUT2D eigenvalue weighted by atomic mass is 9.92. The number of rotatable bonds is 7. The summed E-state index contributed by atoms with van der Waals surface area (Å²) < 4.78 is 40.1. The van der Waals surface area contributed by atoms with Crippen LogP contribution in [-0.4, -0.2) is 41.0 Å². The van der Waals surface area contributed by atoms with Crippen LogP contribution in [0.4, 0.5) is 11.4 Å². The molecule has 13 heteroatoms. The lowest BCUT2D eigenvalue weighted by molar-refractivity contribution is 0.332. The topological polar surface area (TPSA) is 169 Å². The van der Waals surface area contributed by atoms with Crippen LogP contribution in [0.1, 0.15) is 52.3 Å². The number of aromatic nitrogens is 2. The Kier molecular flexibility index (Phi) is 7.46. The van der Waals surface area contributed by atoms with Gasteiger partial charge in [-0.3, -0.25) is 23.2 Å². The van der Waals surface area contributed by atoms with Crippen molar-refractivity contribution in [2.24, 2.45) is 16.1 Å². The normalized spacial score (nSPS) is 18.6. The highest BCUT2D eigenvalue weighted by molar-refractivity contribution is 8.24. The van der Waals surface area contributed by atoms with Gasteiger partial charge in [0, 0.05) is 12.8 Å². The molecule has 2 aromatic rings. The summed E-state index contributed by atoms with van der Waals surface area (Å²) in [5.41, 5.74) is -0.164. The number of amidine groups is 1. The van der Waals surface area contributed by atoms with E-state index in [1.807, 2.05) is 34.6 Å². The average Bonchev–Trinajstić information content (AvgIpc) is 2.67. The fourth-order valence-electron chi connectivity index (χ4n) is 3.56. The van der Waals surface area contributed by atoms with Gasteiger partial charge in [-0.05, 0) is 42.4 Å². The lowest BCUT2D eigenvalue weighted by Crippen LogP contribution is -2.35. The number of benzene rings is 1. The Balaban J connectivity index is 2.12. The predicted octanol–water partition coefficient (Wildman–Crippen LogP) is 3.97. The third-order valence-corrected chi connectivity index (χ3v) is 7.31. The molecule has 6 N–H and O–H groups in total. The Morgan fingerprint density at radius 2 is 1.91 bits per heavy atom. The van der Waals surface area contributed by atoms with Crippen molar-refractivity contribution in [2.45, 2.75) is 54.0 Å². The van der Waals surface area contributed by atoms with E-state index in [-0.39, 0.29) is 45.2 Å². The molecule has 1 aromatic carbocycles. The minimum absolute atomic E-state index is 0.0651. The lowest BCUT2D eigenvalue weighted by Gasteiger charge is -2.30. The first-order valence-corrected chi connectivity index (χ1v) is 14.7. The summed E-state index contributed by atoms with van der Waals surface area (Å²) in [5.74, 6) is -0.454. The molecule has 0 spiro atoms. The van der Waals surface area contributed by atoms with Crippen LogP contribution in [0.2, 0.25) is 0 Å². The van der Waals surface area contributed by atoms with Gasteiger partial charge in [-0.15, -0.1) is 10.8 Å². The summed E-state index contributed by atoms with van der Waals surface area (Å²) in [6, 6.07) is 4.25. The van der Waals surface area contributed by atoms with Crippen LogP contribution < -0.4 is 20.9 Å². The van der Waals surface area contributed by atoms with Crippen LogP contribution in [-0.2, 0) is 17.5 Å². The molecule has 1 unspecified atom stereocenters. The van der Waals surface area contributed by atoms with E-state index < -0.39 is 23.9 Å². The molecule has 0 saturated carbocycles. The van der Waals surface area contributed by atoms with Crippen molar-refractivity contribution in [1.29, 1.82) is 0 Å². The number of aryl methyl sites for hydroxylation is 1. The second kappa shape index (κ2) is 9.59. The van der Waals surface area contributed by atoms with Crippen molar-refractivity contribution in [3.63, 3.8) is 0 Å². The van der Waals surface area contributed by atoms with Crippen LogP contribution in [0.15, 0.2) is 27.8 Å². The minimum Gasteiger partial charge on any atom is -0.505 e. The van der Waals surface area contributed by atoms with E-state index in [1.165, 1.54) is 29.1 Å². The van der Waals surface area contributed by atoms with E-state index >= 15 is 0 Å². The van der Waals surface area contributed by atoms with Gasteiger partial charge in [0.15, 0.2) is 11.6 Å². The Bertz CT molecular complexity index is 1260. The van der Waals surface area contributed by atoms with Gasteiger partial charge in [-0.1, -0.05) is 34.6 Å². The molecule has 1 aliphatic rings. The van der Waals surface area contributed by atoms with Crippen molar-refractivity contribution >= 4 is 40.8 Å². The minimum atomic E-state index is -4.38. The zero-order valence-corrected chi connectivity index (χ0v) is 22.4. The van der Waals surface area contributed by atoms with E-state index in [9.17, 15) is 28.5 Å². The predicted molar refractivity (Wildman–Crippen MR) is 141 cm³/mol. The molecule has 0 saturated heterocycles. The number of nitrogens with zero attached hydrogens (tertiary/aromatic N) is 3. The van der Waals surface area contributed by atoms with Crippen molar-refractivity contribution in [1.82, 2.24) is 9.78 Å². The fourth-order valence-corrected chi connectivity index (χ4v) is 5.42. The van der Waals surface area contributed by atoms with E-state index in [0.717, 1.165) is 0 Å². The molecular weight excluding hydrogens is 493 g/mol. The van der Waals surface area contributed by atoms with E-state index in [4.69, 9.17) is 0 Å². The summed E-state index contributed by atoms with van der Waals surface area (Å²) in [7, 11) is -7.48. The molecule has 1 aromatic heterocycles. The number of nitrogens with one attached hydrogen (secondary N) is 2. The Morgan fingerprint density at radius 3 is 2.49 bits per heavy atom. The van der Waals surface area contributed by atoms with Gasteiger partial charge in [-0.2, -0.15) is 9.86 Å². The molecule has 0 bridgehead atoms. The first-order valence-electron chi connectivity index (χ1n) is 11.2. The van der Waals surface area contributed by atoms with Crippen molar-refractivity contribution in [2.75, 3.05) is 16.3 Å². The van der Waals surface area contributed by atoms with Crippen LogP contribution in [0.5, 0.6) is 5.75 Å². The number of hydrogen-bond acceptors (Lipinski definition) is 8. The quantitative estimate of drug-likeness (QED) is 0.292. The van der Waals surface area contributed by atoms with Gasteiger partial charge in [-0.25, -0.2) is 4.68 Å². The molecule has 2 heterocycles. The standard InChI is InChI=1S/C22H34N5O6PS/c1-13(2)11-16-19(28)18(21(29)27(24-16)10-9-22(3,4)5)20-23-15-8-7-14(26-35(6,32)33)12-17(15)34(30,31)25-20/h7-8,12-13,26,28,32-33H,9-11H2,1-6H3,(H2,23,25,30,31). The average molecular weight is 528 g/mol. The number of anilines is 2. The second-order valence-electron chi connectivity index (χ2n) is 10.4. The summed E-state index contributed by atoms with van der Waals surface area (Å²) in [6.07, 6.45) is 2.23. The maximum absolute atomic E-state index is 13.4. The Hall–Kier alpha value is -2.37. The monoisotopic (exact) mass is 527 g/mol. The van der Waals surface area contributed by atoms with Crippen molar-refractivity contribution < 1.29 is 23.7 Å². The Labute approximate surface area is 206 Å².